The fraction of sp³-hybridized carbons (Fsp3) is 0.900. The number of carbonyl (C=O) groups excluding carboxylic acids is 1. The van der Waals surface area contributed by atoms with Crippen molar-refractivity contribution >= 4 is 5.97 Å². The zero-order valence-electron chi connectivity index (χ0n) is 8.51. The summed E-state index contributed by atoms with van der Waals surface area (Å²) in [6.07, 6.45) is 2.19. The van der Waals surface area contributed by atoms with Gasteiger partial charge in [0.05, 0.1) is 12.5 Å². The lowest BCUT2D eigenvalue weighted by Gasteiger charge is -2.26. The number of piperidine rings is 1. The van der Waals surface area contributed by atoms with Gasteiger partial charge in [0.15, 0.2) is 0 Å². The second kappa shape index (κ2) is 5.22. The predicted octanol–water partition coefficient (Wildman–Crippen LogP) is 1.19. The van der Waals surface area contributed by atoms with E-state index >= 15 is 0 Å². The third-order valence-electron chi connectivity index (χ3n) is 2.75. The molecule has 3 heteroatoms. The number of nitrogens with one attached hydrogen (secondary N) is 1. The Kier molecular flexibility index (Phi) is 4.22. The van der Waals surface area contributed by atoms with Gasteiger partial charge in [-0.1, -0.05) is 6.92 Å². The van der Waals surface area contributed by atoms with Crippen LogP contribution in [0.25, 0.3) is 0 Å². The van der Waals surface area contributed by atoms with Gasteiger partial charge in [-0.3, -0.25) is 4.79 Å². The SMILES string of the molecule is CCOC(=O)C(C)C1CCNCC1. The molecular formula is C10H19NO2. The van der Waals surface area contributed by atoms with Crippen LogP contribution in [0.3, 0.4) is 0 Å². The number of hydrogen-bond donors (Lipinski definition) is 1. The lowest BCUT2D eigenvalue weighted by molar-refractivity contribution is -0.149. The molecule has 0 aromatic rings. The van der Waals surface area contributed by atoms with Crippen LogP contribution in [-0.4, -0.2) is 25.7 Å². The van der Waals surface area contributed by atoms with Crippen molar-refractivity contribution in [2.75, 3.05) is 19.7 Å². The number of rotatable bonds is 3. The van der Waals surface area contributed by atoms with E-state index in [1.54, 1.807) is 0 Å². The van der Waals surface area contributed by atoms with Crippen molar-refractivity contribution in [3.8, 4) is 0 Å². The van der Waals surface area contributed by atoms with Crippen LogP contribution >= 0.6 is 0 Å². The van der Waals surface area contributed by atoms with Crippen LogP contribution in [0.1, 0.15) is 26.7 Å². The minimum atomic E-state index is -0.0330. The van der Waals surface area contributed by atoms with Gasteiger partial charge in [0.2, 0.25) is 0 Å². The van der Waals surface area contributed by atoms with Crippen LogP contribution in [0.4, 0.5) is 0 Å². The zero-order chi connectivity index (χ0) is 9.68. The summed E-state index contributed by atoms with van der Waals surface area (Å²) in [5, 5.41) is 3.29. The lowest BCUT2D eigenvalue weighted by Crippen LogP contribution is -2.34. The van der Waals surface area contributed by atoms with Gasteiger partial charge in [-0.2, -0.15) is 0 Å². The van der Waals surface area contributed by atoms with Crippen molar-refractivity contribution < 1.29 is 9.53 Å². The largest absolute Gasteiger partial charge is 0.466 e. The van der Waals surface area contributed by atoms with E-state index in [9.17, 15) is 4.79 Å². The molecule has 0 aromatic carbocycles. The molecule has 1 saturated heterocycles. The van der Waals surface area contributed by atoms with Crippen LogP contribution in [-0.2, 0) is 9.53 Å². The topological polar surface area (TPSA) is 38.3 Å². The monoisotopic (exact) mass is 185 g/mol. The Balaban J connectivity index is 2.35. The number of hydrogen-bond acceptors (Lipinski definition) is 3. The molecule has 1 aliphatic heterocycles. The highest BCUT2D eigenvalue weighted by molar-refractivity contribution is 5.72. The molecule has 76 valence electrons. The van der Waals surface area contributed by atoms with Crippen molar-refractivity contribution in [2.45, 2.75) is 26.7 Å². The van der Waals surface area contributed by atoms with Gasteiger partial charge in [-0.05, 0) is 38.8 Å². The normalized spacial score (nSPS) is 21.1. The molecule has 13 heavy (non-hydrogen) atoms. The first-order valence-corrected chi connectivity index (χ1v) is 5.13. The van der Waals surface area contributed by atoms with Gasteiger partial charge in [-0.25, -0.2) is 0 Å². The second-order valence-electron chi connectivity index (χ2n) is 3.63. The molecule has 0 aromatic heterocycles. The summed E-state index contributed by atoms with van der Waals surface area (Å²) in [4.78, 5) is 11.4. The molecule has 1 aliphatic rings. The van der Waals surface area contributed by atoms with Crippen LogP contribution < -0.4 is 5.32 Å². The highest BCUT2D eigenvalue weighted by atomic mass is 16.5. The van der Waals surface area contributed by atoms with E-state index in [1.807, 2.05) is 13.8 Å². The molecule has 3 nitrogen and oxygen atoms in total. The van der Waals surface area contributed by atoms with Crippen LogP contribution in [0.5, 0.6) is 0 Å². The highest BCUT2D eigenvalue weighted by Crippen LogP contribution is 2.22. The minimum Gasteiger partial charge on any atom is -0.466 e. The summed E-state index contributed by atoms with van der Waals surface area (Å²) in [7, 11) is 0. The van der Waals surface area contributed by atoms with E-state index in [2.05, 4.69) is 5.32 Å². The summed E-state index contributed by atoms with van der Waals surface area (Å²) < 4.78 is 5.00. The molecule has 1 unspecified atom stereocenters. The van der Waals surface area contributed by atoms with Crippen molar-refractivity contribution in [3.63, 3.8) is 0 Å². The molecule has 0 aliphatic carbocycles. The van der Waals surface area contributed by atoms with Crippen molar-refractivity contribution in [1.29, 1.82) is 0 Å². The van der Waals surface area contributed by atoms with E-state index in [4.69, 9.17) is 4.74 Å². The van der Waals surface area contributed by atoms with E-state index in [1.165, 1.54) is 0 Å². The van der Waals surface area contributed by atoms with Gasteiger partial charge in [0.25, 0.3) is 0 Å². The Hall–Kier alpha value is -0.570. The summed E-state index contributed by atoms with van der Waals surface area (Å²) in [5.41, 5.74) is 0. The number of carbonyl (C=O) groups is 1. The Bertz CT molecular complexity index is 164. The maximum Gasteiger partial charge on any atom is 0.308 e. The lowest BCUT2D eigenvalue weighted by atomic mass is 9.86. The maximum atomic E-state index is 11.4. The smallest absolute Gasteiger partial charge is 0.308 e. The Morgan fingerprint density at radius 3 is 2.69 bits per heavy atom. The molecule has 0 radical (unpaired) electrons. The number of ether oxygens (including phenoxy) is 1. The second-order valence-corrected chi connectivity index (χ2v) is 3.63. The zero-order valence-corrected chi connectivity index (χ0v) is 8.51. The third kappa shape index (κ3) is 2.99. The third-order valence-corrected chi connectivity index (χ3v) is 2.75. The first kappa shape index (κ1) is 10.5. The van der Waals surface area contributed by atoms with E-state index in [0.717, 1.165) is 25.9 Å². The molecule has 0 bridgehead atoms. The summed E-state index contributed by atoms with van der Waals surface area (Å²) in [6, 6.07) is 0. The first-order chi connectivity index (χ1) is 6.25. The first-order valence-electron chi connectivity index (χ1n) is 5.13. The average molecular weight is 185 g/mol. The summed E-state index contributed by atoms with van der Waals surface area (Å²) in [5.74, 6) is 0.553. The molecule has 1 heterocycles. The predicted molar refractivity (Wildman–Crippen MR) is 51.4 cm³/mol. The standard InChI is InChI=1S/C10H19NO2/c1-3-13-10(12)8(2)9-4-6-11-7-5-9/h8-9,11H,3-7H2,1-2H3. The molecule has 1 atom stereocenters. The van der Waals surface area contributed by atoms with Crippen LogP contribution in [0.15, 0.2) is 0 Å². The van der Waals surface area contributed by atoms with Gasteiger partial charge in [0.1, 0.15) is 0 Å². The van der Waals surface area contributed by atoms with Gasteiger partial charge < -0.3 is 10.1 Å². The van der Waals surface area contributed by atoms with E-state index in [-0.39, 0.29) is 11.9 Å². The Morgan fingerprint density at radius 2 is 2.15 bits per heavy atom. The van der Waals surface area contributed by atoms with Crippen molar-refractivity contribution in [3.05, 3.63) is 0 Å². The van der Waals surface area contributed by atoms with Gasteiger partial charge >= 0.3 is 5.97 Å². The summed E-state index contributed by atoms with van der Waals surface area (Å²) in [6.45, 7) is 6.40. The molecule has 0 amide bonds. The molecule has 1 N–H and O–H groups in total. The minimum absolute atomic E-state index is 0.0330. The highest BCUT2D eigenvalue weighted by Gasteiger charge is 2.26. The Labute approximate surface area is 79.8 Å². The summed E-state index contributed by atoms with van der Waals surface area (Å²) >= 11 is 0. The van der Waals surface area contributed by atoms with Crippen LogP contribution in [0.2, 0.25) is 0 Å². The van der Waals surface area contributed by atoms with Gasteiger partial charge in [0, 0.05) is 0 Å². The molecule has 0 saturated carbocycles. The molecule has 1 rings (SSSR count). The van der Waals surface area contributed by atoms with Crippen LogP contribution in [0, 0.1) is 11.8 Å². The Morgan fingerprint density at radius 1 is 1.54 bits per heavy atom. The van der Waals surface area contributed by atoms with E-state index < -0.39 is 0 Å². The molecular weight excluding hydrogens is 166 g/mol. The van der Waals surface area contributed by atoms with E-state index in [0.29, 0.717) is 12.5 Å². The fourth-order valence-electron chi connectivity index (χ4n) is 1.81. The molecule has 0 spiro atoms. The molecule has 1 fully saturated rings. The van der Waals surface area contributed by atoms with Crippen molar-refractivity contribution in [2.24, 2.45) is 11.8 Å². The van der Waals surface area contributed by atoms with Crippen molar-refractivity contribution in [1.82, 2.24) is 5.32 Å². The quantitative estimate of drug-likeness (QED) is 0.671. The maximum absolute atomic E-state index is 11.4. The van der Waals surface area contributed by atoms with Gasteiger partial charge in [-0.15, -0.1) is 0 Å². The average Bonchev–Trinajstić information content (AvgIpc) is 2.18. The number of esters is 1. The fourth-order valence-corrected chi connectivity index (χ4v) is 1.81.